The Morgan fingerprint density at radius 3 is 2.15 bits per heavy atom. The maximum atomic E-state index is 12.9. The topological polar surface area (TPSA) is 61.4 Å². The molecule has 26 heavy (non-hydrogen) atoms. The summed E-state index contributed by atoms with van der Waals surface area (Å²) in [5.74, 6) is -0.0628. The van der Waals surface area contributed by atoms with E-state index >= 15 is 0 Å². The second-order valence-corrected chi connectivity index (χ2v) is 5.78. The number of nitrogens with zero attached hydrogens (tertiary/aromatic N) is 1. The largest absolute Gasteiger partial charge is 0.418 e. The number of carbonyl (C=O) groups excluding carboxylic acids is 2. The molecule has 0 aromatic heterocycles. The summed E-state index contributed by atoms with van der Waals surface area (Å²) in [6.07, 6.45) is -4.34. The van der Waals surface area contributed by atoms with Crippen LogP contribution in [0.5, 0.6) is 0 Å². The molecule has 0 spiro atoms. The van der Waals surface area contributed by atoms with Crippen LogP contribution in [0.25, 0.3) is 0 Å². The minimum atomic E-state index is -4.56. The van der Waals surface area contributed by atoms with Crippen LogP contribution in [0.3, 0.4) is 0 Å². The molecule has 0 aliphatic rings. The minimum absolute atomic E-state index is 0.0628. The van der Waals surface area contributed by atoms with Crippen LogP contribution >= 0.6 is 0 Å². The molecule has 0 radical (unpaired) electrons. The molecule has 2 rings (SSSR count). The van der Waals surface area contributed by atoms with E-state index in [1.165, 1.54) is 23.1 Å². The molecule has 0 bridgehead atoms. The van der Waals surface area contributed by atoms with Gasteiger partial charge in [-0.3, -0.25) is 4.79 Å². The molecule has 138 valence electrons. The minimum Gasteiger partial charge on any atom is -0.349 e. The fourth-order valence-electron chi connectivity index (χ4n) is 2.16. The van der Waals surface area contributed by atoms with E-state index < -0.39 is 17.8 Å². The number of rotatable bonds is 4. The van der Waals surface area contributed by atoms with Crippen LogP contribution in [0, 0.1) is 0 Å². The van der Waals surface area contributed by atoms with Crippen LogP contribution in [-0.4, -0.2) is 30.9 Å². The molecule has 0 fully saturated rings. The van der Waals surface area contributed by atoms with E-state index in [9.17, 15) is 22.8 Å². The Morgan fingerprint density at radius 2 is 1.58 bits per heavy atom. The Kier molecular flexibility index (Phi) is 5.86. The van der Waals surface area contributed by atoms with Gasteiger partial charge in [0, 0.05) is 19.8 Å². The second-order valence-electron chi connectivity index (χ2n) is 5.78. The number of hydrogen-bond acceptors (Lipinski definition) is 2. The highest BCUT2D eigenvalue weighted by atomic mass is 19.4. The van der Waals surface area contributed by atoms with Crippen LogP contribution in [0.1, 0.15) is 11.1 Å². The van der Waals surface area contributed by atoms with Gasteiger partial charge in [-0.1, -0.05) is 24.3 Å². The maximum absolute atomic E-state index is 12.9. The quantitative estimate of drug-likeness (QED) is 0.861. The lowest BCUT2D eigenvalue weighted by atomic mass is 10.1. The van der Waals surface area contributed by atoms with Gasteiger partial charge in [-0.15, -0.1) is 0 Å². The zero-order valence-electron chi connectivity index (χ0n) is 14.2. The fraction of sp³-hybridized carbons (Fsp3) is 0.222. The Labute approximate surface area is 148 Å². The molecule has 8 heteroatoms. The lowest BCUT2D eigenvalue weighted by molar-refractivity contribution is -0.137. The summed E-state index contributed by atoms with van der Waals surface area (Å²) < 4.78 is 38.8. The SMILES string of the molecule is CN(C)C(=O)Cc1ccc(NC(=O)Nc2ccccc2C(F)(F)F)cc1. The number of hydrogen-bond donors (Lipinski definition) is 2. The van der Waals surface area contributed by atoms with E-state index in [-0.39, 0.29) is 18.0 Å². The number of carbonyl (C=O) groups is 2. The first kappa shape index (κ1) is 19.3. The standard InChI is InChI=1S/C18H18F3N3O2/c1-24(2)16(25)11-12-7-9-13(10-8-12)22-17(26)23-15-6-4-3-5-14(15)18(19,20)21/h3-10H,11H2,1-2H3,(H2,22,23,26). The Balaban J connectivity index is 2.02. The second kappa shape index (κ2) is 7.90. The summed E-state index contributed by atoms with van der Waals surface area (Å²) in [7, 11) is 3.31. The molecule has 3 amide bonds. The number of alkyl halides is 3. The first-order valence-electron chi connectivity index (χ1n) is 7.70. The molecule has 2 aromatic carbocycles. The third kappa shape index (κ3) is 5.23. The number of halogens is 3. The van der Waals surface area contributed by atoms with Crippen molar-refractivity contribution in [2.24, 2.45) is 0 Å². The number of urea groups is 1. The van der Waals surface area contributed by atoms with Crippen molar-refractivity contribution in [3.05, 3.63) is 59.7 Å². The Morgan fingerprint density at radius 1 is 0.962 bits per heavy atom. The Hall–Kier alpha value is -3.03. The molecule has 0 heterocycles. The van der Waals surface area contributed by atoms with Gasteiger partial charge in [0.1, 0.15) is 0 Å². The smallest absolute Gasteiger partial charge is 0.349 e. The molecule has 0 aliphatic heterocycles. The van der Waals surface area contributed by atoms with E-state index in [0.717, 1.165) is 11.6 Å². The summed E-state index contributed by atoms with van der Waals surface area (Å²) in [6, 6.07) is 10.4. The van der Waals surface area contributed by atoms with Gasteiger partial charge in [-0.2, -0.15) is 13.2 Å². The van der Waals surface area contributed by atoms with Gasteiger partial charge in [-0.05, 0) is 29.8 Å². The molecule has 0 unspecified atom stereocenters. The highest BCUT2D eigenvalue weighted by molar-refractivity contribution is 6.00. The van der Waals surface area contributed by atoms with Gasteiger partial charge in [0.2, 0.25) is 5.91 Å². The van der Waals surface area contributed by atoms with Gasteiger partial charge < -0.3 is 15.5 Å². The zero-order chi connectivity index (χ0) is 19.3. The molecule has 0 saturated carbocycles. The predicted molar refractivity (Wildman–Crippen MR) is 92.9 cm³/mol. The molecule has 2 N–H and O–H groups in total. The number of para-hydroxylation sites is 1. The van der Waals surface area contributed by atoms with E-state index in [2.05, 4.69) is 10.6 Å². The molecular weight excluding hydrogens is 347 g/mol. The summed E-state index contributed by atoms with van der Waals surface area (Å²) in [5.41, 5.74) is -0.0940. The van der Waals surface area contributed by atoms with E-state index in [0.29, 0.717) is 5.69 Å². The molecule has 0 saturated heterocycles. The van der Waals surface area contributed by atoms with Crippen molar-refractivity contribution in [1.29, 1.82) is 0 Å². The maximum Gasteiger partial charge on any atom is 0.418 e. The van der Waals surface area contributed by atoms with Crippen LogP contribution in [0.4, 0.5) is 29.3 Å². The number of amides is 3. The number of likely N-dealkylation sites (N-methyl/N-ethyl adjacent to an activating group) is 1. The van der Waals surface area contributed by atoms with Crippen LogP contribution in [0.15, 0.2) is 48.5 Å². The molecule has 2 aromatic rings. The monoisotopic (exact) mass is 365 g/mol. The number of anilines is 2. The van der Waals surface area contributed by atoms with Crippen molar-refractivity contribution in [3.8, 4) is 0 Å². The van der Waals surface area contributed by atoms with Gasteiger partial charge in [-0.25, -0.2) is 4.79 Å². The van der Waals surface area contributed by atoms with Crippen molar-refractivity contribution in [2.45, 2.75) is 12.6 Å². The van der Waals surface area contributed by atoms with Crippen LogP contribution in [-0.2, 0) is 17.4 Å². The zero-order valence-corrected chi connectivity index (χ0v) is 14.2. The lowest BCUT2D eigenvalue weighted by Crippen LogP contribution is -2.23. The number of benzene rings is 2. The first-order valence-corrected chi connectivity index (χ1v) is 7.70. The number of nitrogens with one attached hydrogen (secondary N) is 2. The first-order chi connectivity index (χ1) is 12.2. The molecular formula is C18H18F3N3O2. The van der Waals surface area contributed by atoms with E-state index in [4.69, 9.17) is 0 Å². The van der Waals surface area contributed by atoms with Crippen molar-refractivity contribution >= 4 is 23.3 Å². The van der Waals surface area contributed by atoms with Crippen LogP contribution < -0.4 is 10.6 Å². The normalized spacial score (nSPS) is 11.0. The Bertz CT molecular complexity index is 787. The molecule has 5 nitrogen and oxygen atoms in total. The summed E-state index contributed by atoms with van der Waals surface area (Å²) >= 11 is 0. The van der Waals surface area contributed by atoms with Crippen LogP contribution in [0.2, 0.25) is 0 Å². The van der Waals surface area contributed by atoms with Crippen molar-refractivity contribution < 1.29 is 22.8 Å². The third-order valence-electron chi connectivity index (χ3n) is 3.55. The highest BCUT2D eigenvalue weighted by Gasteiger charge is 2.33. The van der Waals surface area contributed by atoms with Crippen molar-refractivity contribution in [1.82, 2.24) is 4.90 Å². The summed E-state index contributed by atoms with van der Waals surface area (Å²) in [5, 5.41) is 4.66. The lowest BCUT2D eigenvalue weighted by Gasteiger charge is -2.14. The average Bonchev–Trinajstić information content (AvgIpc) is 2.56. The van der Waals surface area contributed by atoms with Crippen molar-refractivity contribution in [2.75, 3.05) is 24.7 Å². The van der Waals surface area contributed by atoms with Gasteiger partial charge in [0.25, 0.3) is 0 Å². The van der Waals surface area contributed by atoms with Crippen molar-refractivity contribution in [3.63, 3.8) is 0 Å². The van der Waals surface area contributed by atoms with Gasteiger partial charge >= 0.3 is 12.2 Å². The molecule has 0 atom stereocenters. The van der Waals surface area contributed by atoms with Gasteiger partial charge in [0.15, 0.2) is 0 Å². The third-order valence-corrected chi connectivity index (χ3v) is 3.55. The van der Waals surface area contributed by atoms with E-state index in [1.807, 2.05) is 0 Å². The summed E-state index contributed by atoms with van der Waals surface area (Å²) in [4.78, 5) is 25.1. The summed E-state index contributed by atoms with van der Waals surface area (Å²) in [6.45, 7) is 0. The highest BCUT2D eigenvalue weighted by Crippen LogP contribution is 2.34. The molecule has 0 aliphatic carbocycles. The fourth-order valence-corrected chi connectivity index (χ4v) is 2.16. The van der Waals surface area contributed by atoms with Gasteiger partial charge in [0.05, 0.1) is 17.7 Å². The predicted octanol–water partition coefficient (Wildman–Crippen LogP) is 3.98. The van der Waals surface area contributed by atoms with E-state index in [1.54, 1.807) is 38.4 Å². The average molecular weight is 365 g/mol.